The van der Waals surface area contributed by atoms with Gasteiger partial charge in [0.2, 0.25) is 11.8 Å². The highest BCUT2D eigenvalue weighted by Crippen LogP contribution is 2.25. The molecule has 0 bridgehead atoms. The van der Waals surface area contributed by atoms with Crippen LogP contribution in [0.1, 0.15) is 36.5 Å². The minimum absolute atomic E-state index is 0.0715. The number of halogens is 2. The highest BCUT2D eigenvalue weighted by atomic mass is 35.5. The van der Waals surface area contributed by atoms with Crippen LogP contribution in [0.2, 0.25) is 10.0 Å². The zero-order chi connectivity index (χ0) is 18.1. The second-order valence-corrected chi connectivity index (χ2v) is 7.21. The summed E-state index contributed by atoms with van der Waals surface area (Å²) in [5.41, 5.74) is 0.388. The summed E-state index contributed by atoms with van der Waals surface area (Å²) in [5, 5.41) is 6.33. The van der Waals surface area contributed by atoms with Gasteiger partial charge in [0.15, 0.2) is 0 Å². The molecule has 2 heterocycles. The fourth-order valence-corrected chi connectivity index (χ4v) is 3.65. The van der Waals surface area contributed by atoms with Crippen LogP contribution in [0.3, 0.4) is 0 Å². The number of carbonyl (C=O) groups is 3. The van der Waals surface area contributed by atoms with E-state index in [2.05, 4.69) is 10.6 Å². The molecule has 2 aliphatic heterocycles. The van der Waals surface area contributed by atoms with Crippen molar-refractivity contribution in [3.8, 4) is 0 Å². The third-order valence-corrected chi connectivity index (χ3v) is 5.33. The molecular formula is C17H19Cl2N3O3. The van der Waals surface area contributed by atoms with Crippen molar-refractivity contribution in [2.24, 2.45) is 0 Å². The van der Waals surface area contributed by atoms with Gasteiger partial charge in [0.25, 0.3) is 5.91 Å². The van der Waals surface area contributed by atoms with Crippen LogP contribution >= 0.6 is 23.2 Å². The molecule has 0 aliphatic carbocycles. The lowest BCUT2D eigenvalue weighted by Crippen LogP contribution is -2.61. The summed E-state index contributed by atoms with van der Waals surface area (Å²) in [5.74, 6) is -0.525. The number of carbonyl (C=O) groups excluding carboxylic acids is 3. The molecule has 0 unspecified atom stereocenters. The van der Waals surface area contributed by atoms with Crippen LogP contribution < -0.4 is 10.6 Å². The number of hydrogen-bond donors (Lipinski definition) is 2. The molecular weight excluding hydrogens is 365 g/mol. The van der Waals surface area contributed by atoms with Gasteiger partial charge < -0.3 is 15.5 Å². The van der Waals surface area contributed by atoms with Crippen molar-refractivity contribution in [2.75, 3.05) is 6.54 Å². The Bertz CT molecular complexity index is 725. The first-order valence-corrected chi connectivity index (χ1v) is 9.03. The molecule has 1 aromatic rings. The molecule has 2 saturated heterocycles. The molecule has 2 aliphatic rings. The fourth-order valence-electron chi connectivity index (χ4n) is 3.35. The molecule has 0 spiro atoms. The number of nitrogens with zero attached hydrogens (tertiary/aromatic N) is 1. The largest absolute Gasteiger partial charge is 0.347 e. The Morgan fingerprint density at radius 1 is 1.32 bits per heavy atom. The zero-order valence-electron chi connectivity index (χ0n) is 13.7. The Labute approximate surface area is 155 Å². The van der Waals surface area contributed by atoms with Crippen molar-refractivity contribution in [1.29, 1.82) is 0 Å². The predicted molar refractivity (Wildman–Crippen MR) is 94.7 cm³/mol. The quantitative estimate of drug-likeness (QED) is 0.834. The molecule has 8 heteroatoms. The van der Waals surface area contributed by atoms with Gasteiger partial charge >= 0.3 is 0 Å². The normalized spacial score (nSPS) is 25.6. The van der Waals surface area contributed by atoms with Crippen molar-refractivity contribution >= 4 is 40.9 Å². The molecule has 0 aromatic heterocycles. The van der Waals surface area contributed by atoms with Gasteiger partial charge in [0.1, 0.15) is 12.1 Å². The summed E-state index contributed by atoms with van der Waals surface area (Å²) in [7, 11) is 0. The summed E-state index contributed by atoms with van der Waals surface area (Å²) in [6, 6.07) is 3.39. The third-order valence-electron chi connectivity index (χ3n) is 4.60. The molecule has 2 fully saturated rings. The van der Waals surface area contributed by atoms with E-state index in [4.69, 9.17) is 23.2 Å². The van der Waals surface area contributed by atoms with Crippen LogP contribution in [0.4, 0.5) is 0 Å². The second-order valence-electron chi connectivity index (χ2n) is 6.39. The van der Waals surface area contributed by atoms with E-state index in [-0.39, 0.29) is 23.8 Å². The maximum absolute atomic E-state index is 12.5. The number of nitrogens with one attached hydrogen (secondary N) is 2. The maximum atomic E-state index is 12.5. The number of fused-ring (bicyclic) bond motifs is 1. The van der Waals surface area contributed by atoms with E-state index in [9.17, 15) is 14.4 Å². The van der Waals surface area contributed by atoms with E-state index < -0.39 is 12.1 Å². The zero-order valence-corrected chi connectivity index (χ0v) is 15.2. The lowest BCUT2D eigenvalue weighted by atomic mass is 10.0. The first-order chi connectivity index (χ1) is 11.9. The number of benzene rings is 1. The van der Waals surface area contributed by atoms with E-state index in [0.717, 1.165) is 6.42 Å². The Balaban J connectivity index is 1.68. The first kappa shape index (κ1) is 18.0. The van der Waals surface area contributed by atoms with Crippen LogP contribution in [0.25, 0.3) is 0 Å². The van der Waals surface area contributed by atoms with E-state index >= 15 is 0 Å². The van der Waals surface area contributed by atoms with Gasteiger partial charge in [-0.25, -0.2) is 0 Å². The van der Waals surface area contributed by atoms with Gasteiger partial charge in [-0.05, 0) is 31.0 Å². The molecule has 6 nitrogen and oxygen atoms in total. The van der Waals surface area contributed by atoms with E-state index in [1.807, 2.05) is 6.92 Å². The van der Waals surface area contributed by atoms with Crippen LogP contribution in [0.15, 0.2) is 18.2 Å². The molecule has 25 heavy (non-hydrogen) atoms. The highest BCUT2D eigenvalue weighted by molar-refractivity contribution is 6.42. The van der Waals surface area contributed by atoms with E-state index in [1.54, 1.807) is 17.0 Å². The van der Waals surface area contributed by atoms with Crippen LogP contribution in [-0.4, -0.2) is 47.3 Å². The van der Waals surface area contributed by atoms with Crippen molar-refractivity contribution in [3.63, 3.8) is 0 Å². The Morgan fingerprint density at radius 2 is 2.08 bits per heavy atom. The molecule has 0 radical (unpaired) electrons. The average molecular weight is 384 g/mol. The second kappa shape index (κ2) is 7.22. The van der Waals surface area contributed by atoms with Crippen molar-refractivity contribution in [2.45, 2.75) is 44.3 Å². The van der Waals surface area contributed by atoms with Crippen LogP contribution in [0, 0.1) is 0 Å². The van der Waals surface area contributed by atoms with Gasteiger partial charge in [-0.1, -0.05) is 36.5 Å². The van der Waals surface area contributed by atoms with Crippen LogP contribution in [0.5, 0.6) is 0 Å². The molecule has 134 valence electrons. The molecule has 0 saturated carbocycles. The number of piperazine rings is 1. The minimum atomic E-state index is -0.514. The van der Waals surface area contributed by atoms with E-state index in [1.165, 1.54) is 6.07 Å². The van der Waals surface area contributed by atoms with Gasteiger partial charge in [-0.15, -0.1) is 0 Å². The average Bonchev–Trinajstić information content (AvgIpc) is 2.99. The Morgan fingerprint density at radius 3 is 2.76 bits per heavy atom. The summed E-state index contributed by atoms with van der Waals surface area (Å²) < 4.78 is 0. The van der Waals surface area contributed by atoms with Gasteiger partial charge in [-0.3, -0.25) is 14.4 Å². The van der Waals surface area contributed by atoms with Crippen LogP contribution in [-0.2, 0) is 9.59 Å². The monoisotopic (exact) mass is 383 g/mol. The number of amides is 3. The minimum Gasteiger partial charge on any atom is -0.347 e. The summed E-state index contributed by atoms with van der Waals surface area (Å²) in [6.45, 7) is 2.31. The lowest BCUT2D eigenvalue weighted by molar-refractivity contribution is -0.147. The highest BCUT2D eigenvalue weighted by Gasteiger charge is 2.46. The third kappa shape index (κ3) is 3.60. The number of hydrogen-bond acceptors (Lipinski definition) is 3. The molecule has 1 aromatic carbocycles. The predicted octanol–water partition coefficient (Wildman–Crippen LogP) is 1.99. The summed E-state index contributed by atoms with van der Waals surface area (Å²) in [4.78, 5) is 38.7. The summed E-state index contributed by atoms with van der Waals surface area (Å²) in [6.07, 6.45) is 1.84. The van der Waals surface area contributed by atoms with E-state index in [0.29, 0.717) is 35.0 Å². The molecule has 3 amide bonds. The lowest BCUT2D eigenvalue weighted by Gasteiger charge is -2.34. The maximum Gasteiger partial charge on any atom is 0.251 e. The molecule has 3 rings (SSSR count). The van der Waals surface area contributed by atoms with Crippen molar-refractivity contribution in [3.05, 3.63) is 33.8 Å². The van der Waals surface area contributed by atoms with Gasteiger partial charge in [-0.2, -0.15) is 0 Å². The van der Waals surface area contributed by atoms with Gasteiger partial charge in [0, 0.05) is 18.2 Å². The standard InChI is InChI=1S/C17H19Cl2N3O3/c1-2-3-13-17(25)22-8-10(7-14(22)16(24)21-13)20-15(23)9-4-5-11(18)12(19)6-9/h4-6,10,13-14H,2-3,7-8H2,1H3,(H,20,23)(H,21,24)/t10-,13-,14-/m0/s1. The SMILES string of the molecule is CCC[C@@H]1NC(=O)[C@@H]2C[C@H](NC(=O)c3ccc(Cl)c(Cl)c3)CN2C1=O. The van der Waals surface area contributed by atoms with Crippen molar-refractivity contribution < 1.29 is 14.4 Å². The Kier molecular flexibility index (Phi) is 5.20. The first-order valence-electron chi connectivity index (χ1n) is 8.27. The smallest absolute Gasteiger partial charge is 0.251 e. The summed E-state index contributed by atoms with van der Waals surface area (Å²) >= 11 is 11.8. The molecule has 2 N–H and O–H groups in total. The van der Waals surface area contributed by atoms with Crippen molar-refractivity contribution in [1.82, 2.24) is 15.5 Å². The molecule has 3 atom stereocenters. The topological polar surface area (TPSA) is 78.5 Å². The fraction of sp³-hybridized carbons (Fsp3) is 0.471. The van der Waals surface area contributed by atoms with Gasteiger partial charge in [0.05, 0.1) is 10.0 Å². The number of rotatable bonds is 4. The Hall–Kier alpha value is -1.79.